The molecule has 0 radical (unpaired) electrons. The highest BCUT2D eigenvalue weighted by Gasteiger charge is 2.08. The first-order valence-electron chi connectivity index (χ1n) is 7.18. The maximum absolute atomic E-state index is 11.9. The van der Waals surface area contributed by atoms with E-state index in [0.717, 1.165) is 5.56 Å². The van der Waals surface area contributed by atoms with E-state index in [0.29, 0.717) is 11.6 Å². The van der Waals surface area contributed by atoms with Crippen molar-refractivity contribution in [3.8, 4) is 17.4 Å². The second-order valence-electron chi connectivity index (χ2n) is 4.87. The molecule has 1 aromatic carbocycles. The molecule has 0 unspecified atom stereocenters. The van der Waals surface area contributed by atoms with Gasteiger partial charge < -0.3 is 15.2 Å². The summed E-state index contributed by atoms with van der Waals surface area (Å²) in [6, 6.07) is 12.9. The summed E-state index contributed by atoms with van der Waals surface area (Å²) >= 11 is 0. The molecule has 2 aromatic heterocycles. The highest BCUT2D eigenvalue weighted by molar-refractivity contribution is 5.90. The van der Waals surface area contributed by atoms with E-state index in [4.69, 9.17) is 9.84 Å². The molecule has 7 nitrogen and oxygen atoms in total. The van der Waals surface area contributed by atoms with Crippen molar-refractivity contribution in [3.63, 3.8) is 0 Å². The molecular weight excluding hydrogens is 308 g/mol. The first kappa shape index (κ1) is 15.4. The Balaban J connectivity index is 1.56. The molecule has 2 heterocycles. The number of amides is 1. The number of benzene rings is 1. The number of nitrogens with one attached hydrogen (secondary N) is 1. The maximum Gasteiger partial charge on any atom is 0.289 e. The molecule has 24 heavy (non-hydrogen) atoms. The first-order valence-corrected chi connectivity index (χ1v) is 7.18. The van der Waals surface area contributed by atoms with Crippen molar-refractivity contribution < 1.29 is 14.6 Å². The third kappa shape index (κ3) is 4.04. The van der Waals surface area contributed by atoms with Gasteiger partial charge in [-0.25, -0.2) is 15.0 Å². The quantitative estimate of drug-likeness (QED) is 0.748. The molecule has 0 fully saturated rings. The minimum atomic E-state index is -0.431. The molecule has 2 N–H and O–H groups in total. The molecule has 0 aliphatic rings. The van der Waals surface area contributed by atoms with Gasteiger partial charge in [0.2, 0.25) is 11.7 Å². The van der Waals surface area contributed by atoms with Gasteiger partial charge in [-0.05, 0) is 17.7 Å². The fourth-order valence-electron chi connectivity index (χ4n) is 1.89. The molecular formula is C17H14N4O3. The first-order chi connectivity index (χ1) is 11.7. The molecule has 0 bridgehead atoms. The van der Waals surface area contributed by atoms with Gasteiger partial charge in [-0.1, -0.05) is 24.3 Å². The predicted octanol–water partition coefficient (Wildman–Crippen LogP) is 2.30. The standard InChI is InChI=1S/C17H14N4O3/c22-13-10-19-16(20-11-13)17(23)21-9-12-6-7-15(18-8-12)24-14-4-2-1-3-5-14/h1-8,10-11,22H,9H2,(H,21,23). The van der Waals surface area contributed by atoms with Gasteiger partial charge in [-0.3, -0.25) is 4.79 Å². The van der Waals surface area contributed by atoms with Gasteiger partial charge in [0.1, 0.15) is 5.75 Å². The summed E-state index contributed by atoms with van der Waals surface area (Å²) in [5, 5.41) is 11.8. The normalized spacial score (nSPS) is 10.2. The summed E-state index contributed by atoms with van der Waals surface area (Å²) in [6.45, 7) is 0.279. The van der Waals surface area contributed by atoms with E-state index in [9.17, 15) is 4.79 Å². The van der Waals surface area contributed by atoms with Crippen LogP contribution in [0.5, 0.6) is 17.4 Å². The average molecular weight is 322 g/mol. The summed E-state index contributed by atoms with van der Waals surface area (Å²) < 4.78 is 5.60. The second-order valence-corrected chi connectivity index (χ2v) is 4.87. The van der Waals surface area contributed by atoms with Crippen LogP contribution >= 0.6 is 0 Å². The van der Waals surface area contributed by atoms with Crippen molar-refractivity contribution in [3.05, 3.63) is 72.4 Å². The van der Waals surface area contributed by atoms with E-state index in [1.807, 2.05) is 36.4 Å². The van der Waals surface area contributed by atoms with Crippen LogP contribution in [-0.2, 0) is 6.54 Å². The third-order valence-corrected chi connectivity index (χ3v) is 3.06. The largest absolute Gasteiger partial charge is 0.505 e. The van der Waals surface area contributed by atoms with Gasteiger partial charge >= 0.3 is 0 Å². The van der Waals surface area contributed by atoms with Gasteiger partial charge in [-0.15, -0.1) is 0 Å². The lowest BCUT2D eigenvalue weighted by Crippen LogP contribution is -2.24. The molecule has 1 amide bonds. The zero-order valence-electron chi connectivity index (χ0n) is 12.6. The Bertz CT molecular complexity index is 806. The minimum absolute atomic E-state index is 0.00945. The molecule has 0 atom stereocenters. The van der Waals surface area contributed by atoms with Crippen LogP contribution in [0.4, 0.5) is 0 Å². The number of hydrogen-bond donors (Lipinski definition) is 2. The Hall–Kier alpha value is -3.48. The van der Waals surface area contributed by atoms with E-state index in [1.165, 1.54) is 12.4 Å². The molecule has 0 saturated carbocycles. The fraction of sp³-hybridized carbons (Fsp3) is 0.0588. The zero-order chi connectivity index (χ0) is 16.8. The van der Waals surface area contributed by atoms with Gasteiger partial charge in [0.25, 0.3) is 5.91 Å². The van der Waals surface area contributed by atoms with Crippen LogP contribution in [0.2, 0.25) is 0 Å². The van der Waals surface area contributed by atoms with Crippen LogP contribution in [0.3, 0.4) is 0 Å². The molecule has 0 aliphatic heterocycles. The smallest absolute Gasteiger partial charge is 0.289 e. The number of carbonyl (C=O) groups excluding carboxylic acids is 1. The number of rotatable bonds is 5. The van der Waals surface area contributed by atoms with Gasteiger partial charge in [0.05, 0.1) is 12.4 Å². The molecule has 3 aromatic rings. The summed E-state index contributed by atoms with van der Waals surface area (Å²) in [5.41, 5.74) is 0.808. The van der Waals surface area contributed by atoms with Crippen molar-refractivity contribution in [2.24, 2.45) is 0 Å². The van der Waals surface area contributed by atoms with Gasteiger partial charge in [0.15, 0.2) is 5.75 Å². The fourth-order valence-corrected chi connectivity index (χ4v) is 1.89. The summed E-state index contributed by atoms with van der Waals surface area (Å²) in [6.07, 6.45) is 3.95. The van der Waals surface area contributed by atoms with Crippen molar-refractivity contribution in [2.75, 3.05) is 0 Å². The molecule has 0 aliphatic carbocycles. The highest BCUT2D eigenvalue weighted by atomic mass is 16.5. The van der Waals surface area contributed by atoms with Crippen LogP contribution in [0.25, 0.3) is 0 Å². The SMILES string of the molecule is O=C(NCc1ccc(Oc2ccccc2)nc1)c1ncc(O)cn1. The Morgan fingerprint density at radius 1 is 1.00 bits per heavy atom. The van der Waals surface area contributed by atoms with Crippen molar-refractivity contribution in [1.82, 2.24) is 20.3 Å². The van der Waals surface area contributed by atoms with E-state index < -0.39 is 5.91 Å². The molecule has 7 heteroatoms. The minimum Gasteiger partial charge on any atom is -0.505 e. The van der Waals surface area contributed by atoms with Gasteiger partial charge in [0, 0.05) is 18.8 Å². The lowest BCUT2D eigenvalue weighted by atomic mass is 10.3. The van der Waals surface area contributed by atoms with Crippen molar-refractivity contribution in [2.45, 2.75) is 6.54 Å². The van der Waals surface area contributed by atoms with Gasteiger partial charge in [-0.2, -0.15) is 0 Å². The number of nitrogens with zero attached hydrogens (tertiary/aromatic N) is 3. The third-order valence-electron chi connectivity index (χ3n) is 3.06. The number of aromatic nitrogens is 3. The van der Waals surface area contributed by atoms with Crippen LogP contribution < -0.4 is 10.1 Å². The molecule has 0 saturated heterocycles. The van der Waals surface area contributed by atoms with Crippen LogP contribution in [0.15, 0.2) is 61.1 Å². The summed E-state index contributed by atoms with van der Waals surface area (Å²) in [5.74, 6) is 0.642. The Labute approximate surface area is 138 Å². The predicted molar refractivity (Wildman–Crippen MR) is 85.6 cm³/mol. The molecule has 0 spiro atoms. The Morgan fingerprint density at radius 2 is 1.75 bits per heavy atom. The Kier molecular flexibility index (Phi) is 4.62. The number of pyridine rings is 1. The molecule has 120 valence electrons. The maximum atomic E-state index is 11.9. The number of carbonyl (C=O) groups is 1. The summed E-state index contributed by atoms with van der Waals surface area (Å²) in [4.78, 5) is 23.6. The van der Waals surface area contributed by atoms with Crippen LogP contribution in [0, 0.1) is 0 Å². The number of hydrogen-bond acceptors (Lipinski definition) is 6. The molecule has 3 rings (SSSR count). The zero-order valence-corrected chi connectivity index (χ0v) is 12.6. The lowest BCUT2D eigenvalue weighted by Gasteiger charge is -2.06. The average Bonchev–Trinajstić information content (AvgIpc) is 2.62. The number of para-hydroxylation sites is 1. The topological polar surface area (TPSA) is 97.2 Å². The highest BCUT2D eigenvalue weighted by Crippen LogP contribution is 2.18. The van der Waals surface area contributed by atoms with E-state index in [2.05, 4.69) is 20.3 Å². The Morgan fingerprint density at radius 3 is 2.42 bits per heavy atom. The monoisotopic (exact) mass is 322 g/mol. The van der Waals surface area contributed by atoms with E-state index >= 15 is 0 Å². The van der Waals surface area contributed by atoms with Crippen LogP contribution in [-0.4, -0.2) is 26.0 Å². The lowest BCUT2D eigenvalue weighted by molar-refractivity contribution is 0.0940. The summed E-state index contributed by atoms with van der Waals surface area (Å²) in [7, 11) is 0. The number of ether oxygens (including phenoxy) is 1. The second kappa shape index (κ2) is 7.19. The van der Waals surface area contributed by atoms with Crippen molar-refractivity contribution in [1.29, 1.82) is 0 Å². The number of aromatic hydroxyl groups is 1. The van der Waals surface area contributed by atoms with E-state index in [-0.39, 0.29) is 18.1 Å². The van der Waals surface area contributed by atoms with Crippen molar-refractivity contribution >= 4 is 5.91 Å². The van der Waals surface area contributed by atoms with Crippen LogP contribution in [0.1, 0.15) is 16.2 Å². The van der Waals surface area contributed by atoms with E-state index in [1.54, 1.807) is 12.3 Å².